The van der Waals surface area contributed by atoms with Crippen LogP contribution in [0, 0.1) is 0 Å². The van der Waals surface area contributed by atoms with Gasteiger partial charge in [-0.05, 0) is 99.2 Å². The van der Waals surface area contributed by atoms with Crippen molar-refractivity contribution in [3.05, 3.63) is 179 Å². The number of carboxylic acids is 2. The number of alkyl carbamates (subject to hydrolysis) is 2. The van der Waals surface area contributed by atoms with E-state index in [0.29, 0.717) is 11.1 Å². The second-order valence-electron chi connectivity index (χ2n) is 16.1. The molecule has 6 aromatic carbocycles. The molecule has 0 spiro atoms. The summed E-state index contributed by atoms with van der Waals surface area (Å²) in [4.78, 5) is 47.8. The number of amides is 2. The largest absolute Gasteiger partial charge is 0.508 e. The van der Waals surface area contributed by atoms with Crippen molar-refractivity contribution in [1.82, 2.24) is 10.6 Å². The van der Waals surface area contributed by atoms with Crippen molar-refractivity contribution in [3.8, 4) is 33.8 Å². The lowest BCUT2D eigenvalue weighted by molar-refractivity contribution is -0.140. The lowest BCUT2D eigenvalue weighted by Crippen LogP contribution is -2.42. The first-order valence-corrected chi connectivity index (χ1v) is 21.9. The molecular weight excluding hydrogens is 841 g/mol. The minimum Gasteiger partial charge on any atom is -0.508 e. The standard InChI is InChI=1S/2C24H21NO5.C5H10O/c2*26-16-11-9-15(10-12-16)13-22(23(27)28)25-24(29)30-14-21-19-7-3-1-5-17(19)18-6-2-4-8-20(18)21;1-2-4-6-5-3-1/h2*1-12,21-22,26H,13-14H2,(H,25,29)(H,27,28);1-5H2/t2*22-;/m11./s1. The summed E-state index contributed by atoms with van der Waals surface area (Å²) in [6.45, 7) is 2.23. The molecule has 340 valence electrons. The van der Waals surface area contributed by atoms with Crippen LogP contribution in [0.1, 0.15) is 64.5 Å². The van der Waals surface area contributed by atoms with E-state index in [9.17, 15) is 39.6 Å². The molecule has 0 saturated carbocycles. The second-order valence-corrected chi connectivity index (χ2v) is 16.1. The van der Waals surface area contributed by atoms with Crippen LogP contribution in [0.2, 0.25) is 0 Å². The molecule has 6 N–H and O–H groups in total. The third-order valence-electron chi connectivity index (χ3n) is 11.7. The first kappa shape index (κ1) is 46.4. The van der Waals surface area contributed by atoms with Crippen LogP contribution in [0.15, 0.2) is 146 Å². The molecule has 3 aliphatic rings. The predicted octanol–water partition coefficient (Wildman–Crippen LogP) is 9.04. The molecule has 2 amide bonds. The van der Waals surface area contributed by atoms with Crippen LogP contribution in [0.25, 0.3) is 22.3 Å². The number of nitrogens with one attached hydrogen (secondary N) is 2. The van der Waals surface area contributed by atoms with Gasteiger partial charge in [0.05, 0.1) is 0 Å². The smallest absolute Gasteiger partial charge is 0.407 e. The summed E-state index contributed by atoms with van der Waals surface area (Å²) in [6.07, 6.45) is 2.55. The maximum Gasteiger partial charge on any atom is 0.407 e. The van der Waals surface area contributed by atoms with E-state index >= 15 is 0 Å². The highest BCUT2D eigenvalue weighted by atomic mass is 16.6. The fourth-order valence-corrected chi connectivity index (χ4v) is 8.39. The van der Waals surface area contributed by atoms with E-state index in [0.717, 1.165) is 57.7 Å². The summed E-state index contributed by atoms with van der Waals surface area (Å²) in [5, 5.41) is 42.5. The second kappa shape index (κ2) is 22.3. The van der Waals surface area contributed by atoms with Gasteiger partial charge in [-0.15, -0.1) is 0 Å². The van der Waals surface area contributed by atoms with E-state index in [2.05, 4.69) is 10.6 Å². The molecular formula is C53H52N2O11. The van der Waals surface area contributed by atoms with Gasteiger partial charge in [-0.25, -0.2) is 19.2 Å². The fourth-order valence-electron chi connectivity index (χ4n) is 8.39. The van der Waals surface area contributed by atoms with Crippen LogP contribution in [0.4, 0.5) is 9.59 Å². The number of aliphatic carboxylic acids is 2. The Morgan fingerprint density at radius 2 is 0.803 bits per heavy atom. The highest BCUT2D eigenvalue weighted by Crippen LogP contribution is 2.45. The molecule has 1 aliphatic heterocycles. The lowest BCUT2D eigenvalue weighted by atomic mass is 9.98. The zero-order valence-corrected chi connectivity index (χ0v) is 36.2. The number of phenols is 2. The molecule has 66 heavy (non-hydrogen) atoms. The van der Waals surface area contributed by atoms with E-state index in [1.54, 1.807) is 24.3 Å². The normalized spacial score (nSPS) is 14.2. The van der Waals surface area contributed by atoms with Gasteiger partial charge < -0.3 is 45.3 Å². The number of benzene rings is 6. The minimum atomic E-state index is -1.16. The third-order valence-corrected chi connectivity index (χ3v) is 11.7. The van der Waals surface area contributed by atoms with E-state index < -0.39 is 36.2 Å². The monoisotopic (exact) mass is 892 g/mol. The zero-order valence-electron chi connectivity index (χ0n) is 36.2. The van der Waals surface area contributed by atoms with Crippen molar-refractivity contribution < 1.29 is 53.8 Å². The topological polar surface area (TPSA) is 201 Å². The lowest BCUT2D eigenvalue weighted by Gasteiger charge is -2.17. The molecule has 2 atom stereocenters. The van der Waals surface area contributed by atoms with Gasteiger partial charge in [-0.2, -0.15) is 0 Å². The Labute approximate surface area is 382 Å². The summed E-state index contributed by atoms with van der Waals surface area (Å²) in [6, 6.07) is 42.1. The first-order valence-electron chi connectivity index (χ1n) is 21.9. The number of phenolic OH excluding ortho intramolecular Hbond substituents is 2. The Morgan fingerprint density at radius 3 is 1.08 bits per heavy atom. The summed E-state index contributed by atoms with van der Waals surface area (Å²) in [7, 11) is 0. The average Bonchev–Trinajstić information content (AvgIpc) is 3.84. The maximum absolute atomic E-state index is 12.3. The van der Waals surface area contributed by atoms with Crippen LogP contribution in [-0.4, -0.2) is 83.1 Å². The number of carbonyl (C=O) groups excluding carboxylic acids is 2. The van der Waals surface area contributed by atoms with Crippen LogP contribution >= 0.6 is 0 Å². The number of ether oxygens (including phenoxy) is 3. The Bertz CT molecular complexity index is 2330. The van der Waals surface area contributed by atoms with Crippen LogP contribution in [-0.2, 0) is 36.6 Å². The van der Waals surface area contributed by atoms with Crippen molar-refractivity contribution in [3.63, 3.8) is 0 Å². The number of carboxylic acid groups (broad SMARTS) is 2. The van der Waals surface area contributed by atoms with Gasteiger partial charge in [-0.1, -0.05) is 121 Å². The molecule has 1 fully saturated rings. The zero-order chi connectivity index (χ0) is 46.4. The van der Waals surface area contributed by atoms with E-state index in [-0.39, 0.29) is 49.4 Å². The van der Waals surface area contributed by atoms with Crippen LogP contribution < -0.4 is 10.6 Å². The van der Waals surface area contributed by atoms with Gasteiger partial charge >= 0.3 is 24.1 Å². The highest BCUT2D eigenvalue weighted by molar-refractivity contribution is 5.83. The molecule has 1 saturated heterocycles. The molecule has 0 aromatic heterocycles. The summed E-state index contributed by atoms with van der Waals surface area (Å²) < 4.78 is 15.9. The van der Waals surface area contributed by atoms with Crippen LogP contribution in [0.5, 0.6) is 11.5 Å². The molecule has 0 radical (unpaired) electrons. The Kier molecular flexibility index (Phi) is 15.7. The molecule has 0 bridgehead atoms. The molecule has 13 nitrogen and oxygen atoms in total. The molecule has 1 heterocycles. The number of hydrogen-bond donors (Lipinski definition) is 6. The van der Waals surface area contributed by atoms with Crippen molar-refractivity contribution >= 4 is 24.1 Å². The van der Waals surface area contributed by atoms with E-state index in [1.165, 1.54) is 43.5 Å². The number of hydrogen-bond acceptors (Lipinski definition) is 9. The van der Waals surface area contributed by atoms with Gasteiger partial charge in [0.25, 0.3) is 0 Å². The van der Waals surface area contributed by atoms with E-state index in [4.69, 9.17) is 14.2 Å². The van der Waals surface area contributed by atoms with Gasteiger partial charge in [-0.3, -0.25) is 0 Å². The summed E-state index contributed by atoms with van der Waals surface area (Å²) in [5.74, 6) is -2.31. The fraction of sp³-hybridized carbons (Fsp3) is 0.245. The van der Waals surface area contributed by atoms with Gasteiger partial charge in [0.15, 0.2) is 0 Å². The SMILES string of the molecule is C1CCOCC1.O=C(N[C@H](Cc1ccc(O)cc1)C(=O)O)OCC1c2ccccc2-c2ccccc21.O=C(N[C@H](Cc1ccc(O)cc1)C(=O)O)OCC1c2ccccc2-c2ccccc21. The highest BCUT2D eigenvalue weighted by Gasteiger charge is 2.31. The predicted molar refractivity (Wildman–Crippen MR) is 248 cm³/mol. The van der Waals surface area contributed by atoms with Crippen LogP contribution in [0.3, 0.4) is 0 Å². The summed E-state index contributed by atoms with van der Waals surface area (Å²) >= 11 is 0. The number of rotatable bonds is 12. The van der Waals surface area contributed by atoms with Gasteiger partial charge in [0.2, 0.25) is 0 Å². The van der Waals surface area contributed by atoms with Crippen molar-refractivity contribution in [1.29, 1.82) is 0 Å². The molecule has 2 aliphatic carbocycles. The number of fused-ring (bicyclic) bond motifs is 6. The van der Waals surface area contributed by atoms with Gasteiger partial charge in [0.1, 0.15) is 36.8 Å². The third kappa shape index (κ3) is 11.9. The van der Waals surface area contributed by atoms with Gasteiger partial charge in [0, 0.05) is 37.9 Å². The molecule has 13 heteroatoms. The summed E-state index contributed by atoms with van der Waals surface area (Å²) in [5.41, 5.74) is 10.2. The number of aromatic hydroxyl groups is 2. The number of carbonyl (C=O) groups is 4. The first-order chi connectivity index (χ1) is 32.0. The van der Waals surface area contributed by atoms with Crippen molar-refractivity contribution in [2.75, 3.05) is 26.4 Å². The average molecular weight is 893 g/mol. The Balaban J connectivity index is 0.000000174. The van der Waals surface area contributed by atoms with E-state index in [1.807, 2.05) is 97.1 Å². The quantitative estimate of drug-likeness (QED) is 0.0685. The minimum absolute atomic E-state index is 0.0831. The van der Waals surface area contributed by atoms with Crippen molar-refractivity contribution in [2.24, 2.45) is 0 Å². The Morgan fingerprint density at radius 1 is 0.485 bits per heavy atom. The maximum atomic E-state index is 12.3. The molecule has 6 aromatic rings. The van der Waals surface area contributed by atoms with Crippen molar-refractivity contribution in [2.45, 2.75) is 56.0 Å². The Hall–Kier alpha value is -7.64. The molecule has 9 rings (SSSR count). The molecule has 0 unspecified atom stereocenters.